The van der Waals surface area contributed by atoms with Gasteiger partial charge in [-0.25, -0.2) is 0 Å². The van der Waals surface area contributed by atoms with Gasteiger partial charge in [0.15, 0.2) is 0 Å². The third-order valence-electron chi connectivity index (χ3n) is 3.37. The minimum absolute atomic E-state index is 0. The number of nitrogens with zero attached hydrogens (tertiary/aromatic N) is 1. The molecule has 0 heterocycles. The van der Waals surface area contributed by atoms with Gasteiger partial charge in [-0.05, 0) is 56.4 Å². The van der Waals surface area contributed by atoms with Crippen molar-refractivity contribution in [3.63, 3.8) is 0 Å². The second-order valence-electron chi connectivity index (χ2n) is 5.76. The van der Waals surface area contributed by atoms with Crippen LogP contribution in [0.2, 0.25) is 0 Å². The van der Waals surface area contributed by atoms with Crippen molar-refractivity contribution in [1.82, 2.24) is 4.90 Å². The highest BCUT2D eigenvalue weighted by Gasteiger charge is 1.99. The number of benzene rings is 2. The molecule has 2 aromatic carbocycles. The molecule has 5 heteroatoms. The van der Waals surface area contributed by atoms with Gasteiger partial charge in [0.05, 0.1) is 6.61 Å². The van der Waals surface area contributed by atoms with E-state index in [9.17, 15) is 4.79 Å². The number of hydrogen-bond acceptors (Lipinski definition) is 3. The molecule has 0 saturated carbocycles. The van der Waals surface area contributed by atoms with Gasteiger partial charge in [0.25, 0.3) is 0 Å². The van der Waals surface area contributed by atoms with E-state index in [0.717, 1.165) is 30.0 Å². The van der Waals surface area contributed by atoms with E-state index in [2.05, 4.69) is 10.2 Å². The standard InChI is InChI=1S/C20H24N2O2.ClH/c1-22(2)15-6-16-24-19-12-10-18(11-13-19)21-20(23)14-9-17-7-4-3-5-8-17;/h3-5,7-14H,6,15-16H2,1-2H3,(H,21,23);1H. The summed E-state index contributed by atoms with van der Waals surface area (Å²) in [6.07, 6.45) is 4.30. The zero-order valence-electron chi connectivity index (χ0n) is 14.6. The number of carbonyl (C=O) groups is 1. The lowest BCUT2D eigenvalue weighted by atomic mass is 10.2. The summed E-state index contributed by atoms with van der Waals surface area (Å²) in [5, 5.41) is 2.83. The van der Waals surface area contributed by atoms with E-state index in [-0.39, 0.29) is 18.3 Å². The van der Waals surface area contributed by atoms with Crippen LogP contribution in [0.1, 0.15) is 12.0 Å². The molecule has 0 spiro atoms. The molecule has 1 amide bonds. The summed E-state index contributed by atoms with van der Waals surface area (Å²) in [6.45, 7) is 1.69. The van der Waals surface area contributed by atoms with Crippen LogP contribution in [0, 0.1) is 0 Å². The van der Waals surface area contributed by atoms with Crippen LogP contribution in [0.25, 0.3) is 6.08 Å². The van der Waals surface area contributed by atoms with Crippen LogP contribution in [-0.4, -0.2) is 38.1 Å². The van der Waals surface area contributed by atoms with Crippen molar-refractivity contribution in [3.8, 4) is 5.75 Å². The Labute approximate surface area is 155 Å². The molecule has 0 fully saturated rings. The molecule has 134 valence electrons. The van der Waals surface area contributed by atoms with Crippen molar-refractivity contribution in [2.24, 2.45) is 0 Å². The van der Waals surface area contributed by atoms with Gasteiger partial charge in [0, 0.05) is 18.3 Å². The van der Waals surface area contributed by atoms with Gasteiger partial charge in [-0.3, -0.25) is 4.79 Å². The van der Waals surface area contributed by atoms with Crippen molar-refractivity contribution in [2.45, 2.75) is 6.42 Å². The average Bonchev–Trinajstić information content (AvgIpc) is 2.59. The molecule has 0 saturated heterocycles. The van der Waals surface area contributed by atoms with Crippen molar-refractivity contribution in [3.05, 3.63) is 66.2 Å². The topological polar surface area (TPSA) is 41.6 Å². The zero-order valence-corrected chi connectivity index (χ0v) is 15.5. The molecule has 0 aromatic heterocycles. The number of ether oxygens (including phenoxy) is 1. The highest BCUT2D eigenvalue weighted by molar-refractivity contribution is 6.01. The molecule has 0 aliphatic carbocycles. The van der Waals surface area contributed by atoms with Gasteiger partial charge in [-0.2, -0.15) is 0 Å². The predicted molar refractivity (Wildman–Crippen MR) is 106 cm³/mol. The number of rotatable bonds is 8. The van der Waals surface area contributed by atoms with Crippen LogP contribution >= 0.6 is 12.4 Å². The van der Waals surface area contributed by atoms with Crippen molar-refractivity contribution < 1.29 is 9.53 Å². The number of hydrogen-bond donors (Lipinski definition) is 1. The van der Waals surface area contributed by atoms with E-state index in [0.29, 0.717) is 6.61 Å². The Morgan fingerprint density at radius 1 is 1.08 bits per heavy atom. The summed E-state index contributed by atoms with van der Waals surface area (Å²) in [5.41, 5.74) is 1.74. The highest BCUT2D eigenvalue weighted by Crippen LogP contribution is 2.16. The molecule has 0 aliphatic rings. The van der Waals surface area contributed by atoms with E-state index in [1.165, 1.54) is 6.08 Å². The van der Waals surface area contributed by atoms with E-state index >= 15 is 0 Å². The molecule has 1 N–H and O–H groups in total. The minimum Gasteiger partial charge on any atom is -0.494 e. The molecule has 0 atom stereocenters. The maximum atomic E-state index is 11.9. The van der Waals surface area contributed by atoms with Crippen LogP contribution in [0.4, 0.5) is 5.69 Å². The number of amides is 1. The van der Waals surface area contributed by atoms with Gasteiger partial charge in [-0.15, -0.1) is 12.4 Å². The first-order valence-electron chi connectivity index (χ1n) is 8.05. The SMILES string of the molecule is CN(C)CCCOc1ccc(NC(=O)C=Cc2ccccc2)cc1.Cl. The Morgan fingerprint density at radius 3 is 2.40 bits per heavy atom. The molecule has 0 radical (unpaired) electrons. The average molecular weight is 361 g/mol. The highest BCUT2D eigenvalue weighted by atomic mass is 35.5. The van der Waals surface area contributed by atoms with E-state index in [1.54, 1.807) is 6.08 Å². The summed E-state index contributed by atoms with van der Waals surface area (Å²) in [7, 11) is 4.09. The Kier molecular flexibility index (Phi) is 9.37. The van der Waals surface area contributed by atoms with Crippen molar-refractivity contribution in [2.75, 3.05) is 32.6 Å². The second kappa shape index (κ2) is 11.3. The summed E-state index contributed by atoms with van der Waals surface area (Å²) in [6, 6.07) is 17.1. The van der Waals surface area contributed by atoms with Crippen LogP contribution < -0.4 is 10.1 Å². The van der Waals surface area contributed by atoms with Gasteiger partial charge in [0.2, 0.25) is 5.91 Å². The van der Waals surface area contributed by atoms with E-state index in [1.807, 2.05) is 68.7 Å². The van der Waals surface area contributed by atoms with E-state index in [4.69, 9.17) is 4.74 Å². The summed E-state index contributed by atoms with van der Waals surface area (Å²) in [4.78, 5) is 14.0. The molecule has 0 bridgehead atoms. The first-order chi connectivity index (χ1) is 11.6. The van der Waals surface area contributed by atoms with Gasteiger partial charge in [-0.1, -0.05) is 30.3 Å². The first kappa shape index (κ1) is 20.7. The lowest BCUT2D eigenvalue weighted by molar-refractivity contribution is -0.111. The van der Waals surface area contributed by atoms with Gasteiger partial charge < -0.3 is 15.0 Å². The number of halogens is 1. The summed E-state index contributed by atoms with van der Waals surface area (Å²) >= 11 is 0. The monoisotopic (exact) mass is 360 g/mol. The van der Waals surface area contributed by atoms with E-state index < -0.39 is 0 Å². The molecule has 0 aliphatic heterocycles. The Balaban J connectivity index is 0.00000312. The first-order valence-corrected chi connectivity index (χ1v) is 8.05. The number of carbonyl (C=O) groups excluding carboxylic acids is 1. The largest absolute Gasteiger partial charge is 0.494 e. The Bertz CT molecular complexity index is 655. The van der Waals surface area contributed by atoms with Crippen LogP contribution in [0.15, 0.2) is 60.7 Å². The third kappa shape index (κ3) is 8.38. The summed E-state index contributed by atoms with van der Waals surface area (Å²) < 4.78 is 5.67. The Hall–Kier alpha value is -2.30. The quantitative estimate of drug-likeness (QED) is 0.569. The van der Waals surface area contributed by atoms with Gasteiger partial charge in [0.1, 0.15) is 5.75 Å². The van der Waals surface area contributed by atoms with Crippen LogP contribution in [0.3, 0.4) is 0 Å². The fraction of sp³-hybridized carbons (Fsp3) is 0.250. The maximum Gasteiger partial charge on any atom is 0.248 e. The smallest absolute Gasteiger partial charge is 0.248 e. The normalized spacial score (nSPS) is 10.5. The molecule has 2 rings (SSSR count). The number of nitrogens with one attached hydrogen (secondary N) is 1. The van der Waals surface area contributed by atoms with Gasteiger partial charge >= 0.3 is 0 Å². The molecular weight excluding hydrogens is 336 g/mol. The molecule has 25 heavy (non-hydrogen) atoms. The molecule has 4 nitrogen and oxygen atoms in total. The lowest BCUT2D eigenvalue weighted by Crippen LogP contribution is -2.15. The number of anilines is 1. The van der Waals surface area contributed by atoms with Crippen molar-refractivity contribution >= 4 is 30.1 Å². The molecular formula is C20H25ClN2O2. The molecule has 0 unspecified atom stereocenters. The third-order valence-corrected chi connectivity index (χ3v) is 3.37. The predicted octanol–water partition coefficient (Wildman–Crippen LogP) is 4.09. The molecule has 2 aromatic rings. The maximum absolute atomic E-state index is 11.9. The fourth-order valence-corrected chi connectivity index (χ4v) is 2.13. The zero-order chi connectivity index (χ0) is 17.2. The van der Waals surface area contributed by atoms with Crippen LogP contribution in [-0.2, 0) is 4.79 Å². The Morgan fingerprint density at radius 2 is 1.76 bits per heavy atom. The second-order valence-corrected chi connectivity index (χ2v) is 5.76. The lowest BCUT2D eigenvalue weighted by Gasteiger charge is -2.10. The minimum atomic E-state index is -0.154. The van der Waals surface area contributed by atoms with Crippen LogP contribution in [0.5, 0.6) is 5.75 Å². The fourth-order valence-electron chi connectivity index (χ4n) is 2.13. The van der Waals surface area contributed by atoms with Crippen molar-refractivity contribution in [1.29, 1.82) is 0 Å². The summed E-state index contributed by atoms with van der Waals surface area (Å²) in [5.74, 6) is 0.657.